The van der Waals surface area contributed by atoms with Gasteiger partial charge in [-0.2, -0.15) is 0 Å². The molecule has 0 unspecified atom stereocenters. The highest BCUT2D eigenvalue weighted by molar-refractivity contribution is 5.43. The Morgan fingerprint density at radius 2 is 1.68 bits per heavy atom. The summed E-state index contributed by atoms with van der Waals surface area (Å²) in [5, 5.41) is 9.63. The average molecular weight is 256 g/mol. The van der Waals surface area contributed by atoms with Gasteiger partial charge >= 0.3 is 0 Å². The largest absolute Gasteiger partial charge is 0.508 e. The number of phenols is 1. The summed E-state index contributed by atoms with van der Waals surface area (Å²) >= 11 is 0. The molecule has 0 aromatic heterocycles. The van der Waals surface area contributed by atoms with Crippen LogP contribution in [0.1, 0.15) is 31.9 Å². The molecular weight excluding hydrogens is 236 g/mol. The second-order valence-electron chi connectivity index (χ2n) is 5.70. The smallest absolute Gasteiger partial charge is 0.123 e. The van der Waals surface area contributed by atoms with Gasteiger partial charge in [-0.05, 0) is 29.2 Å². The Balaban J connectivity index is 2.21. The molecule has 100 valence electrons. The predicted molar refractivity (Wildman–Crippen MR) is 77.6 cm³/mol. The van der Waals surface area contributed by atoms with Crippen LogP contribution in [0.25, 0.3) is 0 Å². The molecule has 0 fully saturated rings. The summed E-state index contributed by atoms with van der Waals surface area (Å²) in [6.45, 7) is 6.86. The van der Waals surface area contributed by atoms with Crippen LogP contribution >= 0.6 is 0 Å². The van der Waals surface area contributed by atoms with E-state index in [0.717, 1.165) is 16.9 Å². The minimum absolute atomic E-state index is 0.0647. The first-order valence-corrected chi connectivity index (χ1v) is 6.47. The molecule has 0 aliphatic carbocycles. The predicted octanol–water partition coefficient (Wildman–Crippen LogP) is 4.27. The van der Waals surface area contributed by atoms with E-state index in [-0.39, 0.29) is 11.2 Å². The van der Waals surface area contributed by atoms with Crippen LogP contribution in [0, 0.1) is 0 Å². The quantitative estimate of drug-likeness (QED) is 0.888. The highest BCUT2D eigenvalue weighted by atomic mass is 16.5. The molecule has 2 aromatic rings. The average Bonchev–Trinajstić information content (AvgIpc) is 2.37. The molecule has 1 N–H and O–H groups in total. The van der Waals surface area contributed by atoms with Gasteiger partial charge in [0.15, 0.2) is 0 Å². The number of phenolic OH excluding ortho intramolecular Hbond substituents is 1. The van der Waals surface area contributed by atoms with Crippen LogP contribution in [0.4, 0.5) is 0 Å². The van der Waals surface area contributed by atoms with Crippen LogP contribution in [0.3, 0.4) is 0 Å². The summed E-state index contributed by atoms with van der Waals surface area (Å²) in [6.07, 6.45) is 0. The first-order valence-electron chi connectivity index (χ1n) is 6.47. The number of rotatable bonds is 3. The van der Waals surface area contributed by atoms with E-state index in [1.165, 1.54) is 0 Å². The Morgan fingerprint density at radius 3 is 2.32 bits per heavy atom. The van der Waals surface area contributed by atoms with E-state index in [1.807, 2.05) is 36.4 Å². The summed E-state index contributed by atoms with van der Waals surface area (Å²) in [7, 11) is 0. The zero-order chi connectivity index (χ0) is 13.9. The minimum Gasteiger partial charge on any atom is -0.508 e. The molecular formula is C17H20O2. The van der Waals surface area contributed by atoms with Gasteiger partial charge in [0.2, 0.25) is 0 Å². The number of hydrogen-bond donors (Lipinski definition) is 1. The van der Waals surface area contributed by atoms with Gasteiger partial charge in [-0.3, -0.25) is 0 Å². The third-order valence-corrected chi connectivity index (χ3v) is 3.01. The molecule has 2 nitrogen and oxygen atoms in total. The fraction of sp³-hybridized carbons (Fsp3) is 0.294. The van der Waals surface area contributed by atoms with Crippen LogP contribution in [-0.2, 0) is 12.0 Å². The number of hydrogen-bond acceptors (Lipinski definition) is 2. The highest BCUT2D eigenvalue weighted by Crippen LogP contribution is 2.34. The summed E-state index contributed by atoms with van der Waals surface area (Å²) in [6, 6.07) is 15.3. The van der Waals surface area contributed by atoms with E-state index < -0.39 is 0 Å². The lowest BCUT2D eigenvalue weighted by Gasteiger charge is -2.23. The summed E-state index contributed by atoms with van der Waals surface area (Å²) in [5.74, 6) is 1.10. The van der Waals surface area contributed by atoms with Gasteiger partial charge < -0.3 is 9.84 Å². The maximum atomic E-state index is 9.63. The van der Waals surface area contributed by atoms with Gasteiger partial charge in [0, 0.05) is 5.56 Å². The molecule has 2 aromatic carbocycles. The Bertz CT molecular complexity index is 539. The van der Waals surface area contributed by atoms with E-state index in [9.17, 15) is 5.11 Å². The van der Waals surface area contributed by atoms with E-state index >= 15 is 0 Å². The maximum Gasteiger partial charge on any atom is 0.123 e. The van der Waals surface area contributed by atoms with Crippen molar-refractivity contribution < 1.29 is 9.84 Å². The lowest BCUT2D eigenvalue weighted by Crippen LogP contribution is -2.13. The van der Waals surface area contributed by atoms with Crippen molar-refractivity contribution >= 4 is 0 Å². The molecule has 0 atom stereocenters. The standard InChI is InChI=1S/C17H20O2/c1-17(2,3)15-11-14(18)9-10-16(15)19-12-13-7-5-4-6-8-13/h4-11,18H,12H2,1-3H3. The number of ether oxygens (including phenoxy) is 1. The van der Waals surface area contributed by atoms with Crippen molar-refractivity contribution in [2.24, 2.45) is 0 Å². The third-order valence-electron chi connectivity index (χ3n) is 3.01. The van der Waals surface area contributed by atoms with Crippen molar-refractivity contribution in [2.45, 2.75) is 32.8 Å². The Morgan fingerprint density at radius 1 is 1.00 bits per heavy atom. The van der Waals surface area contributed by atoms with Gasteiger partial charge in [0.1, 0.15) is 18.1 Å². The summed E-state index contributed by atoms with van der Waals surface area (Å²) < 4.78 is 5.89. The zero-order valence-corrected chi connectivity index (χ0v) is 11.7. The molecule has 0 heterocycles. The van der Waals surface area contributed by atoms with Crippen LogP contribution in [-0.4, -0.2) is 5.11 Å². The molecule has 0 saturated heterocycles. The normalized spacial score (nSPS) is 11.3. The van der Waals surface area contributed by atoms with Gasteiger partial charge in [0.25, 0.3) is 0 Å². The molecule has 0 bridgehead atoms. The van der Waals surface area contributed by atoms with E-state index in [0.29, 0.717) is 6.61 Å². The number of aromatic hydroxyl groups is 1. The highest BCUT2D eigenvalue weighted by Gasteiger charge is 2.19. The molecule has 2 rings (SSSR count). The second kappa shape index (κ2) is 5.35. The van der Waals surface area contributed by atoms with Crippen molar-refractivity contribution in [1.82, 2.24) is 0 Å². The van der Waals surface area contributed by atoms with E-state index in [2.05, 4.69) is 20.8 Å². The number of benzene rings is 2. The molecule has 0 amide bonds. The lowest BCUT2D eigenvalue weighted by atomic mass is 9.86. The van der Waals surface area contributed by atoms with Crippen molar-refractivity contribution in [1.29, 1.82) is 0 Å². The van der Waals surface area contributed by atoms with Gasteiger partial charge in [-0.1, -0.05) is 51.1 Å². The van der Waals surface area contributed by atoms with Crippen LogP contribution in [0.15, 0.2) is 48.5 Å². The third kappa shape index (κ3) is 3.50. The van der Waals surface area contributed by atoms with Crippen LogP contribution in [0.2, 0.25) is 0 Å². The molecule has 0 aliphatic heterocycles. The van der Waals surface area contributed by atoms with E-state index in [1.54, 1.807) is 12.1 Å². The van der Waals surface area contributed by atoms with Crippen molar-refractivity contribution in [2.75, 3.05) is 0 Å². The molecule has 0 saturated carbocycles. The maximum absolute atomic E-state index is 9.63. The fourth-order valence-corrected chi connectivity index (χ4v) is 1.97. The van der Waals surface area contributed by atoms with Crippen molar-refractivity contribution in [3.8, 4) is 11.5 Å². The van der Waals surface area contributed by atoms with Crippen molar-refractivity contribution in [3.05, 3.63) is 59.7 Å². The van der Waals surface area contributed by atoms with Gasteiger partial charge in [-0.25, -0.2) is 0 Å². The second-order valence-corrected chi connectivity index (χ2v) is 5.70. The molecule has 19 heavy (non-hydrogen) atoms. The Hall–Kier alpha value is -1.96. The summed E-state index contributed by atoms with van der Waals surface area (Å²) in [5.41, 5.74) is 2.09. The first kappa shape index (κ1) is 13.5. The lowest BCUT2D eigenvalue weighted by molar-refractivity contribution is 0.296. The molecule has 0 radical (unpaired) electrons. The van der Waals surface area contributed by atoms with Crippen molar-refractivity contribution in [3.63, 3.8) is 0 Å². The van der Waals surface area contributed by atoms with E-state index in [4.69, 9.17) is 4.74 Å². The molecule has 0 aliphatic rings. The van der Waals surface area contributed by atoms with Gasteiger partial charge in [-0.15, -0.1) is 0 Å². The zero-order valence-electron chi connectivity index (χ0n) is 11.7. The monoisotopic (exact) mass is 256 g/mol. The van der Waals surface area contributed by atoms with Gasteiger partial charge in [0.05, 0.1) is 0 Å². The van der Waals surface area contributed by atoms with Crippen LogP contribution < -0.4 is 4.74 Å². The Kier molecular flexibility index (Phi) is 3.79. The SMILES string of the molecule is CC(C)(C)c1cc(O)ccc1OCc1ccccc1. The summed E-state index contributed by atoms with van der Waals surface area (Å²) in [4.78, 5) is 0. The first-order chi connectivity index (χ1) is 8.97. The Labute approximate surface area is 114 Å². The van der Waals surface area contributed by atoms with Crippen LogP contribution in [0.5, 0.6) is 11.5 Å². The molecule has 2 heteroatoms. The minimum atomic E-state index is -0.0647. The topological polar surface area (TPSA) is 29.5 Å². The fourth-order valence-electron chi connectivity index (χ4n) is 1.97. The molecule has 0 spiro atoms.